The van der Waals surface area contributed by atoms with E-state index in [-0.39, 0.29) is 21.8 Å². The molecule has 0 aliphatic rings. The molecular formula is C24H21ClFN5O2. The lowest BCUT2D eigenvalue weighted by atomic mass is 10.0. The monoisotopic (exact) mass is 465 g/mol. The molecule has 0 radical (unpaired) electrons. The zero-order chi connectivity index (χ0) is 23.5. The Bertz CT molecular complexity index is 1410. The lowest BCUT2D eigenvalue weighted by Gasteiger charge is -2.15. The molecule has 4 aromatic rings. The Labute approximate surface area is 194 Å². The van der Waals surface area contributed by atoms with Gasteiger partial charge in [0.15, 0.2) is 5.82 Å². The first kappa shape index (κ1) is 22.3. The van der Waals surface area contributed by atoms with Gasteiger partial charge in [0.25, 0.3) is 5.56 Å². The van der Waals surface area contributed by atoms with Crippen LogP contribution in [0.15, 0.2) is 65.6 Å². The Hall–Kier alpha value is -3.91. The maximum atomic E-state index is 15.6. The predicted molar refractivity (Wildman–Crippen MR) is 131 cm³/mol. The van der Waals surface area contributed by atoms with Crippen LogP contribution in [-0.4, -0.2) is 22.6 Å². The second kappa shape index (κ2) is 9.30. The maximum absolute atomic E-state index is 15.6. The Kier molecular flexibility index (Phi) is 6.28. The summed E-state index contributed by atoms with van der Waals surface area (Å²) in [6.07, 6.45) is 1.61. The first-order valence-electron chi connectivity index (χ1n) is 10.3. The number of nitrogens with one attached hydrogen (secondary N) is 3. The van der Waals surface area contributed by atoms with Crippen molar-refractivity contribution in [2.45, 2.75) is 13.5 Å². The van der Waals surface area contributed by atoms with Crippen LogP contribution in [0.2, 0.25) is 5.02 Å². The van der Waals surface area contributed by atoms with Crippen molar-refractivity contribution in [2.75, 3.05) is 23.0 Å². The summed E-state index contributed by atoms with van der Waals surface area (Å²) in [5.41, 5.74) is 0.718. The summed E-state index contributed by atoms with van der Waals surface area (Å²) in [5, 5.41) is 8.76. The van der Waals surface area contributed by atoms with E-state index in [1.807, 2.05) is 13.0 Å². The van der Waals surface area contributed by atoms with Crippen molar-refractivity contribution < 1.29 is 9.18 Å². The SMILES string of the molecule is CCn1c(=O)c(-c2c(Cl)ccc(NC(=O)Nc3ccccc3)c2F)cc2cnc(NC)cc21. The second-order valence-electron chi connectivity index (χ2n) is 7.21. The first-order valence-corrected chi connectivity index (χ1v) is 10.6. The van der Waals surface area contributed by atoms with E-state index >= 15 is 4.39 Å². The summed E-state index contributed by atoms with van der Waals surface area (Å²) < 4.78 is 17.1. The number of fused-ring (bicyclic) bond motifs is 1. The Morgan fingerprint density at radius 3 is 2.58 bits per heavy atom. The minimum atomic E-state index is -0.801. The molecule has 0 unspecified atom stereocenters. The highest BCUT2D eigenvalue weighted by molar-refractivity contribution is 6.33. The predicted octanol–water partition coefficient (Wildman–Crippen LogP) is 5.56. The normalized spacial score (nSPS) is 10.8. The number of para-hydroxylation sites is 1. The van der Waals surface area contributed by atoms with Crippen molar-refractivity contribution in [1.82, 2.24) is 9.55 Å². The number of benzene rings is 2. The van der Waals surface area contributed by atoms with Gasteiger partial charge in [-0.2, -0.15) is 0 Å². The van der Waals surface area contributed by atoms with E-state index in [2.05, 4.69) is 20.9 Å². The fraction of sp³-hybridized carbons (Fsp3) is 0.125. The van der Waals surface area contributed by atoms with E-state index in [0.29, 0.717) is 29.0 Å². The van der Waals surface area contributed by atoms with Gasteiger partial charge in [-0.15, -0.1) is 0 Å². The smallest absolute Gasteiger partial charge is 0.323 e. The van der Waals surface area contributed by atoms with Crippen LogP contribution in [0.4, 0.5) is 26.4 Å². The number of urea groups is 1. The molecule has 0 bridgehead atoms. The number of hydrogen-bond acceptors (Lipinski definition) is 4. The average molecular weight is 466 g/mol. The van der Waals surface area contributed by atoms with Crippen molar-refractivity contribution in [2.24, 2.45) is 0 Å². The molecule has 2 heterocycles. The van der Waals surface area contributed by atoms with Crippen LogP contribution < -0.4 is 21.5 Å². The van der Waals surface area contributed by atoms with Gasteiger partial charge in [0, 0.05) is 42.5 Å². The summed E-state index contributed by atoms with van der Waals surface area (Å²) in [4.78, 5) is 29.9. The third kappa shape index (κ3) is 4.38. The van der Waals surface area contributed by atoms with E-state index < -0.39 is 17.4 Å². The first-order chi connectivity index (χ1) is 15.9. The molecule has 168 valence electrons. The van der Waals surface area contributed by atoms with Crippen LogP contribution in [0.1, 0.15) is 6.92 Å². The van der Waals surface area contributed by atoms with E-state index in [1.54, 1.807) is 49.6 Å². The molecule has 4 rings (SSSR count). The van der Waals surface area contributed by atoms with Gasteiger partial charge in [0.2, 0.25) is 0 Å². The van der Waals surface area contributed by atoms with Gasteiger partial charge in [-0.1, -0.05) is 29.8 Å². The molecule has 0 saturated carbocycles. The fourth-order valence-electron chi connectivity index (χ4n) is 3.60. The molecule has 0 fully saturated rings. The lowest BCUT2D eigenvalue weighted by Crippen LogP contribution is -2.23. The molecule has 9 heteroatoms. The van der Waals surface area contributed by atoms with Gasteiger partial charge in [0.1, 0.15) is 5.82 Å². The van der Waals surface area contributed by atoms with Crippen molar-refractivity contribution in [3.8, 4) is 11.1 Å². The number of pyridine rings is 2. The van der Waals surface area contributed by atoms with Crippen LogP contribution in [-0.2, 0) is 6.54 Å². The van der Waals surface area contributed by atoms with Gasteiger partial charge >= 0.3 is 6.03 Å². The van der Waals surface area contributed by atoms with E-state index in [9.17, 15) is 9.59 Å². The Balaban J connectivity index is 1.78. The third-order valence-corrected chi connectivity index (χ3v) is 5.51. The van der Waals surface area contributed by atoms with E-state index in [0.717, 1.165) is 0 Å². The zero-order valence-corrected chi connectivity index (χ0v) is 18.7. The molecular weight excluding hydrogens is 445 g/mol. The molecule has 33 heavy (non-hydrogen) atoms. The molecule has 3 N–H and O–H groups in total. The van der Waals surface area contributed by atoms with Crippen LogP contribution in [0.3, 0.4) is 0 Å². The van der Waals surface area contributed by atoms with Gasteiger partial charge in [0.05, 0.1) is 21.8 Å². The summed E-state index contributed by atoms with van der Waals surface area (Å²) in [6, 6.07) is 14.3. The average Bonchev–Trinajstić information content (AvgIpc) is 2.81. The number of rotatable bonds is 5. The molecule has 7 nitrogen and oxygen atoms in total. The highest BCUT2D eigenvalue weighted by atomic mass is 35.5. The van der Waals surface area contributed by atoms with Gasteiger partial charge in [-0.05, 0) is 37.3 Å². The lowest BCUT2D eigenvalue weighted by molar-refractivity contribution is 0.262. The van der Waals surface area contributed by atoms with Gasteiger partial charge in [-0.25, -0.2) is 14.2 Å². The van der Waals surface area contributed by atoms with Crippen molar-refractivity contribution in [3.63, 3.8) is 0 Å². The van der Waals surface area contributed by atoms with Crippen LogP contribution in [0, 0.1) is 5.82 Å². The minimum absolute atomic E-state index is 0.0559. The zero-order valence-electron chi connectivity index (χ0n) is 17.9. The van der Waals surface area contributed by atoms with Crippen molar-refractivity contribution in [1.29, 1.82) is 0 Å². The van der Waals surface area contributed by atoms with Crippen molar-refractivity contribution in [3.05, 3.63) is 82.0 Å². The van der Waals surface area contributed by atoms with Crippen LogP contribution >= 0.6 is 11.6 Å². The molecule has 2 aromatic carbocycles. The Morgan fingerprint density at radius 1 is 1.12 bits per heavy atom. The number of nitrogens with zero attached hydrogens (tertiary/aromatic N) is 2. The number of halogens is 2. The number of aromatic nitrogens is 2. The van der Waals surface area contributed by atoms with Crippen molar-refractivity contribution >= 4 is 45.7 Å². The summed E-state index contributed by atoms with van der Waals surface area (Å²) >= 11 is 6.33. The second-order valence-corrected chi connectivity index (χ2v) is 7.62. The topological polar surface area (TPSA) is 88.1 Å². The fourth-order valence-corrected chi connectivity index (χ4v) is 3.85. The van der Waals surface area contributed by atoms with Gasteiger partial charge < -0.3 is 20.5 Å². The summed E-state index contributed by atoms with van der Waals surface area (Å²) in [5.74, 6) is -0.193. The standard InChI is InChI=1S/C24H21ClFN5O2/c1-3-31-19-12-20(27-2)28-13-14(19)11-16(23(31)32)21-17(25)9-10-18(22(21)26)30-24(33)29-15-7-5-4-6-8-15/h4-13H,3H2,1-2H3,(H,27,28)(H2,29,30,33). The van der Waals surface area contributed by atoms with Crippen LogP contribution in [0.5, 0.6) is 0 Å². The quantitative estimate of drug-likeness (QED) is 0.360. The summed E-state index contributed by atoms with van der Waals surface area (Å²) in [7, 11) is 1.73. The highest BCUT2D eigenvalue weighted by Crippen LogP contribution is 2.34. The highest BCUT2D eigenvalue weighted by Gasteiger charge is 2.21. The molecule has 0 aliphatic heterocycles. The number of aryl methyl sites for hydroxylation is 1. The molecule has 0 aliphatic carbocycles. The number of carbonyl (C=O) groups excluding carboxylic acids is 1. The minimum Gasteiger partial charge on any atom is -0.373 e. The van der Waals surface area contributed by atoms with E-state index in [4.69, 9.17) is 11.6 Å². The maximum Gasteiger partial charge on any atom is 0.323 e. The number of hydrogen-bond donors (Lipinski definition) is 3. The molecule has 0 atom stereocenters. The number of amides is 2. The molecule has 2 aromatic heterocycles. The summed E-state index contributed by atoms with van der Waals surface area (Å²) in [6.45, 7) is 2.20. The van der Waals surface area contributed by atoms with Gasteiger partial charge in [-0.3, -0.25) is 4.79 Å². The third-order valence-electron chi connectivity index (χ3n) is 5.19. The van der Waals surface area contributed by atoms with Crippen LogP contribution in [0.25, 0.3) is 22.0 Å². The molecule has 2 amide bonds. The van der Waals surface area contributed by atoms with E-state index in [1.165, 1.54) is 16.7 Å². The molecule has 0 spiro atoms. The Morgan fingerprint density at radius 2 is 1.88 bits per heavy atom. The molecule has 0 saturated heterocycles. The number of anilines is 3. The largest absolute Gasteiger partial charge is 0.373 e. The number of carbonyl (C=O) groups is 1.